The number of halogens is 2. The fourth-order valence-corrected chi connectivity index (χ4v) is 2.72. The van der Waals surface area contributed by atoms with Gasteiger partial charge in [0.2, 0.25) is 0 Å². The molecule has 0 fully saturated rings. The van der Waals surface area contributed by atoms with Gasteiger partial charge >= 0.3 is 0 Å². The van der Waals surface area contributed by atoms with Crippen LogP contribution in [0.3, 0.4) is 0 Å². The second-order valence-corrected chi connectivity index (χ2v) is 5.76. The van der Waals surface area contributed by atoms with Crippen molar-refractivity contribution in [2.75, 3.05) is 20.1 Å². The molecule has 0 radical (unpaired) electrons. The summed E-state index contributed by atoms with van der Waals surface area (Å²) in [7, 11) is 2.01. The second-order valence-electron chi connectivity index (χ2n) is 5.33. The van der Waals surface area contributed by atoms with E-state index in [0.29, 0.717) is 11.6 Å². The highest BCUT2D eigenvalue weighted by molar-refractivity contribution is 6.30. The molecular formula is C19H17Cl2NO. The molecule has 1 aliphatic heterocycles. The molecule has 3 rings (SSSR count). The van der Waals surface area contributed by atoms with E-state index in [1.54, 1.807) is 0 Å². The lowest BCUT2D eigenvalue weighted by atomic mass is 10.0. The summed E-state index contributed by atoms with van der Waals surface area (Å²) in [6, 6.07) is 13.7. The first-order valence-electron chi connectivity index (χ1n) is 7.07. The Morgan fingerprint density at radius 1 is 1.17 bits per heavy atom. The molecule has 0 aliphatic carbocycles. The first kappa shape index (κ1) is 17.4. The quantitative estimate of drug-likeness (QED) is 0.728. The van der Waals surface area contributed by atoms with Gasteiger partial charge in [0.05, 0.1) is 6.54 Å². The van der Waals surface area contributed by atoms with E-state index >= 15 is 0 Å². The Kier molecular flexibility index (Phi) is 5.74. The van der Waals surface area contributed by atoms with Crippen molar-refractivity contribution in [3.8, 4) is 23.8 Å². The molecule has 23 heavy (non-hydrogen) atoms. The van der Waals surface area contributed by atoms with E-state index < -0.39 is 0 Å². The van der Waals surface area contributed by atoms with Crippen molar-refractivity contribution in [1.82, 2.24) is 4.90 Å². The van der Waals surface area contributed by atoms with Gasteiger partial charge in [-0.2, -0.15) is 0 Å². The van der Waals surface area contributed by atoms with Crippen molar-refractivity contribution in [3.05, 3.63) is 58.6 Å². The van der Waals surface area contributed by atoms with Gasteiger partial charge in [0, 0.05) is 28.8 Å². The summed E-state index contributed by atoms with van der Waals surface area (Å²) >= 11 is 6.12. The van der Waals surface area contributed by atoms with E-state index in [2.05, 4.69) is 16.9 Å². The highest BCUT2D eigenvalue weighted by Crippen LogP contribution is 2.39. The summed E-state index contributed by atoms with van der Waals surface area (Å²) in [5, 5.41) is 0.662. The predicted molar refractivity (Wildman–Crippen MR) is 99.4 cm³/mol. The molecule has 1 heterocycles. The van der Waals surface area contributed by atoms with Gasteiger partial charge in [0.1, 0.15) is 11.5 Å². The lowest BCUT2D eigenvalue weighted by molar-refractivity contribution is 0.425. The molecule has 0 bridgehead atoms. The number of hydrogen-bond acceptors (Lipinski definition) is 2. The Bertz CT molecular complexity index is 777. The molecule has 0 aromatic heterocycles. The minimum Gasteiger partial charge on any atom is -0.456 e. The number of rotatable bonds is 3. The van der Waals surface area contributed by atoms with Crippen LogP contribution in [0.5, 0.6) is 11.5 Å². The van der Waals surface area contributed by atoms with Gasteiger partial charge < -0.3 is 4.74 Å². The number of ether oxygens (including phenoxy) is 1. The van der Waals surface area contributed by atoms with E-state index in [1.807, 2.05) is 49.5 Å². The Morgan fingerprint density at radius 2 is 1.96 bits per heavy atom. The van der Waals surface area contributed by atoms with E-state index in [0.717, 1.165) is 34.7 Å². The summed E-state index contributed by atoms with van der Waals surface area (Å²) in [6.45, 7) is 1.35. The summed E-state index contributed by atoms with van der Waals surface area (Å²) < 4.78 is 6.06. The van der Waals surface area contributed by atoms with Gasteiger partial charge in [-0.05, 0) is 36.9 Å². The fourth-order valence-electron chi connectivity index (χ4n) is 2.56. The van der Waals surface area contributed by atoms with Crippen molar-refractivity contribution in [3.63, 3.8) is 0 Å². The van der Waals surface area contributed by atoms with Crippen molar-refractivity contribution >= 4 is 35.7 Å². The molecule has 2 nitrogen and oxygen atoms in total. The number of fused-ring (bicyclic) bond motifs is 2. The molecular weight excluding hydrogens is 329 g/mol. The van der Waals surface area contributed by atoms with E-state index in [1.165, 1.54) is 0 Å². The largest absolute Gasteiger partial charge is 0.456 e. The molecule has 0 spiro atoms. The topological polar surface area (TPSA) is 12.5 Å². The fraction of sp³-hybridized carbons (Fsp3) is 0.158. The van der Waals surface area contributed by atoms with Gasteiger partial charge in [-0.25, -0.2) is 0 Å². The van der Waals surface area contributed by atoms with Gasteiger partial charge in [-0.1, -0.05) is 35.7 Å². The molecule has 0 N–H and O–H groups in total. The molecule has 0 saturated heterocycles. The van der Waals surface area contributed by atoms with Crippen molar-refractivity contribution in [1.29, 1.82) is 0 Å². The minimum atomic E-state index is 0. The molecule has 118 valence electrons. The van der Waals surface area contributed by atoms with Crippen LogP contribution in [0.4, 0.5) is 0 Å². The van der Waals surface area contributed by atoms with Crippen LogP contribution in [0, 0.1) is 12.3 Å². The van der Waals surface area contributed by atoms with Crippen LogP contribution in [0.15, 0.2) is 42.5 Å². The molecule has 0 unspecified atom stereocenters. The van der Waals surface area contributed by atoms with Crippen molar-refractivity contribution < 1.29 is 4.74 Å². The van der Waals surface area contributed by atoms with Crippen molar-refractivity contribution in [2.24, 2.45) is 0 Å². The molecule has 0 amide bonds. The Hall–Kier alpha value is -1.92. The van der Waals surface area contributed by atoms with E-state index in [4.69, 9.17) is 22.8 Å². The maximum absolute atomic E-state index is 6.12. The average molecular weight is 346 g/mol. The highest BCUT2D eigenvalue weighted by Gasteiger charge is 2.17. The normalized spacial score (nSPS) is 12.0. The summed E-state index contributed by atoms with van der Waals surface area (Å²) in [5.41, 5.74) is 3.26. The Morgan fingerprint density at radius 3 is 2.74 bits per heavy atom. The molecule has 2 aromatic rings. The van der Waals surface area contributed by atoms with E-state index in [9.17, 15) is 0 Å². The highest BCUT2D eigenvalue weighted by atomic mass is 35.5. The SMILES string of the molecule is C#CCN(C)CC1=Cc2ccccc2Oc2cc(Cl)ccc21.Cl. The van der Waals surface area contributed by atoms with Crippen LogP contribution < -0.4 is 4.74 Å². The zero-order chi connectivity index (χ0) is 15.5. The average Bonchev–Trinajstić information content (AvgIpc) is 2.63. The number of terminal acetylenes is 1. The van der Waals surface area contributed by atoms with Crippen LogP contribution in [-0.2, 0) is 0 Å². The maximum atomic E-state index is 6.12. The second kappa shape index (κ2) is 7.57. The predicted octanol–water partition coefficient (Wildman–Crippen LogP) is 4.97. The first-order valence-corrected chi connectivity index (χ1v) is 7.44. The Labute approximate surface area is 148 Å². The van der Waals surface area contributed by atoms with Crippen LogP contribution in [0.25, 0.3) is 11.6 Å². The third kappa shape index (κ3) is 3.89. The molecule has 2 aromatic carbocycles. The molecule has 4 heteroatoms. The smallest absolute Gasteiger partial charge is 0.136 e. The van der Waals surface area contributed by atoms with Gasteiger partial charge in [-0.15, -0.1) is 18.8 Å². The lowest BCUT2D eigenvalue weighted by Gasteiger charge is -2.17. The van der Waals surface area contributed by atoms with E-state index in [-0.39, 0.29) is 12.4 Å². The molecule has 0 saturated carbocycles. The number of nitrogens with zero attached hydrogens (tertiary/aromatic N) is 1. The van der Waals surface area contributed by atoms with Crippen LogP contribution >= 0.6 is 24.0 Å². The van der Waals surface area contributed by atoms with Gasteiger partial charge in [-0.3, -0.25) is 4.90 Å². The van der Waals surface area contributed by atoms with Crippen molar-refractivity contribution in [2.45, 2.75) is 0 Å². The van der Waals surface area contributed by atoms with Gasteiger partial charge in [0.15, 0.2) is 0 Å². The zero-order valence-electron chi connectivity index (χ0n) is 12.8. The minimum absolute atomic E-state index is 0. The maximum Gasteiger partial charge on any atom is 0.136 e. The number of hydrogen-bond donors (Lipinski definition) is 0. The molecule has 1 aliphatic rings. The zero-order valence-corrected chi connectivity index (χ0v) is 14.3. The van der Waals surface area contributed by atoms with Crippen LogP contribution in [0.1, 0.15) is 11.1 Å². The Balaban J connectivity index is 0.00000192. The summed E-state index contributed by atoms with van der Waals surface area (Å²) in [5.74, 6) is 4.28. The summed E-state index contributed by atoms with van der Waals surface area (Å²) in [6.07, 6.45) is 7.56. The van der Waals surface area contributed by atoms with Crippen LogP contribution in [0.2, 0.25) is 5.02 Å². The number of likely N-dealkylation sites (N-methyl/N-ethyl adjacent to an activating group) is 1. The number of benzene rings is 2. The first-order chi connectivity index (χ1) is 10.7. The van der Waals surface area contributed by atoms with Crippen LogP contribution in [-0.4, -0.2) is 25.0 Å². The monoisotopic (exact) mass is 345 g/mol. The lowest BCUT2D eigenvalue weighted by Crippen LogP contribution is -2.20. The standard InChI is InChI=1S/C19H16ClNO.ClH/c1-3-10-21(2)13-15-11-14-6-4-5-7-18(14)22-19-12-16(20)8-9-17(15)19;/h1,4-9,11-12H,10,13H2,2H3;1H. The third-order valence-corrected chi connectivity index (χ3v) is 3.79. The molecule has 0 atom stereocenters. The summed E-state index contributed by atoms with van der Waals surface area (Å²) in [4.78, 5) is 2.10. The van der Waals surface area contributed by atoms with Gasteiger partial charge in [0.25, 0.3) is 0 Å². The number of para-hydroxylation sites is 1. The third-order valence-electron chi connectivity index (χ3n) is 3.56.